The van der Waals surface area contributed by atoms with Crippen LogP contribution in [0.25, 0.3) is 11.8 Å². The van der Waals surface area contributed by atoms with Crippen molar-refractivity contribution in [3.8, 4) is 5.69 Å². The molecule has 1 fully saturated rings. The Morgan fingerprint density at radius 3 is 2.13 bits per heavy atom. The SMILES string of the molecule is O=[C-]N1CCN(C(=O)Nc2ccn(-c3cc[c-]cc3)c(=O)n2)CC1.[CH3-].[K+].[NH2-].[Y].[Y].[Y]. The molecule has 0 unspecified atom stereocenters. The first-order valence-electron chi connectivity index (χ1n) is 7.42. The molecule has 1 aliphatic heterocycles. The van der Waals surface area contributed by atoms with E-state index in [0.29, 0.717) is 31.9 Å². The molecule has 2 aromatic rings. The number of nitrogens with one attached hydrogen (secondary N) is 1. The van der Waals surface area contributed by atoms with Crippen LogP contribution in [-0.4, -0.2) is 58.0 Å². The number of carbonyl (C=O) groups excluding carboxylic acids is 2. The quantitative estimate of drug-likeness (QED) is 0.315. The van der Waals surface area contributed by atoms with Crippen molar-refractivity contribution >= 4 is 18.3 Å². The molecule has 0 saturated carbocycles. The largest absolute Gasteiger partial charge is 1.00 e. The molecule has 0 atom stereocenters. The van der Waals surface area contributed by atoms with Crippen molar-refractivity contribution in [3.05, 3.63) is 66.7 Å². The van der Waals surface area contributed by atoms with Crippen LogP contribution in [0.15, 0.2) is 41.3 Å². The van der Waals surface area contributed by atoms with Gasteiger partial charge in [0.05, 0.1) is 0 Å². The summed E-state index contributed by atoms with van der Waals surface area (Å²) in [4.78, 5) is 41.8. The summed E-state index contributed by atoms with van der Waals surface area (Å²) in [6, 6.07) is 11.0. The van der Waals surface area contributed by atoms with Crippen LogP contribution < -0.4 is 62.4 Å². The van der Waals surface area contributed by atoms with Gasteiger partial charge in [-0.3, -0.25) is 9.88 Å². The van der Waals surface area contributed by atoms with Gasteiger partial charge in [0.2, 0.25) is 0 Å². The number of piperazine rings is 1. The third-order valence-corrected chi connectivity index (χ3v) is 3.71. The van der Waals surface area contributed by atoms with E-state index in [1.165, 1.54) is 9.47 Å². The van der Waals surface area contributed by atoms with Gasteiger partial charge in [-0.25, -0.2) is 9.59 Å². The Kier molecular flexibility index (Phi) is 26.2. The summed E-state index contributed by atoms with van der Waals surface area (Å²) in [7, 11) is 0. The van der Waals surface area contributed by atoms with Gasteiger partial charge in [0.1, 0.15) is 5.82 Å². The maximum Gasteiger partial charge on any atom is 1.00 e. The second kappa shape index (κ2) is 20.1. The number of nitrogens with two attached hydrogens (primary N) is 1. The Bertz CT molecular complexity index is 805. The monoisotopic (exact) mass is 662 g/mol. The predicted molar refractivity (Wildman–Crippen MR) is 98.2 cm³/mol. The topological polar surface area (TPSA) is 121 Å². The maximum atomic E-state index is 12.2. The first-order chi connectivity index (χ1) is 11.7. The molecule has 1 aromatic carbocycles. The molecule has 149 valence electrons. The minimum absolute atomic E-state index is 0. The summed E-state index contributed by atoms with van der Waals surface area (Å²) in [6.07, 6.45) is 3.36. The van der Waals surface area contributed by atoms with Crippen molar-refractivity contribution in [1.82, 2.24) is 19.4 Å². The number of hydrogen-bond donors (Lipinski definition) is 1. The standard InChI is InChI=1S/C16H15N5O3.CH3.K.H2N.3Y/c22-12-19-8-10-20(11-9-19)15(23)17-14-6-7-21(16(24)18-14)13-4-2-1-3-5-13;;;;;;/h2-7H,8-11H2,(H,17,18,23,24);1H3;;1H2;;;/q-2;-1;+1;-1;;;. The van der Waals surface area contributed by atoms with E-state index >= 15 is 0 Å². The van der Waals surface area contributed by atoms with Gasteiger partial charge in [-0.15, -0.1) is 12.1 Å². The van der Waals surface area contributed by atoms with Crippen LogP contribution in [0.2, 0.25) is 0 Å². The summed E-state index contributed by atoms with van der Waals surface area (Å²) >= 11 is 0. The average molecular weight is 662 g/mol. The van der Waals surface area contributed by atoms with E-state index in [9.17, 15) is 14.4 Å². The fourth-order valence-corrected chi connectivity index (χ4v) is 2.40. The predicted octanol–water partition coefficient (Wildman–Crippen LogP) is -1.59. The molecule has 9 nitrogen and oxygen atoms in total. The molecule has 0 aliphatic carbocycles. The molecular weight excluding hydrogens is 642 g/mol. The first kappa shape index (κ1) is 39.0. The molecule has 2 heterocycles. The van der Waals surface area contributed by atoms with Crippen LogP contribution in [0.3, 0.4) is 0 Å². The molecule has 0 spiro atoms. The Morgan fingerprint density at radius 1 is 1.07 bits per heavy atom. The Balaban J connectivity index is -0.000000563. The van der Waals surface area contributed by atoms with Crippen molar-refractivity contribution in [1.29, 1.82) is 0 Å². The zero-order valence-corrected chi connectivity index (χ0v) is 28.8. The molecule has 3 N–H and O–H groups in total. The minimum atomic E-state index is -0.487. The number of urea groups is 1. The maximum absolute atomic E-state index is 12.2. The number of benzene rings is 1. The fraction of sp³-hybridized carbons (Fsp3) is 0.235. The molecule has 3 rings (SSSR count). The van der Waals surface area contributed by atoms with Crippen LogP contribution in [0.1, 0.15) is 0 Å². The summed E-state index contributed by atoms with van der Waals surface area (Å²) in [6.45, 7) is 1.71. The molecule has 0 bridgehead atoms. The van der Waals surface area contributed by atoms with Crippen molar-refractivity contribution in [2.75, 3.05) is 31.5 Å². The van der Waals surface area contributed by atoms with E-state index in [1.54, 1.807) is 41.4 Å². The Labute approximate surface area is 294 Å². The van der Waals surface area contributed by atoms with E-state index in [1.807, 2.05) is 6.41 Å². The average Bonchev–Trinajstić information content (AvgIpc) is 2.62. The molecule has 1 aliphatic rings. The third-order valence-electron chi connectivity index (χ3n) is 3.71. The zero-order chi connectivity index (χ0) is 16.9. The van der Waals surface area contributed by atoms with E-state index in [4.69, 9.17) is 0 Å². The van der Waals surface area contributed by atoms with Crippen molar-refractivity contribution in [2.24, 2.45) is 0 Å². The van der Waals surface area contributed by atoms with Gasteiger partial charge in [-0.05, 0) is 6.07 Å². The normalized spacial score (nSPS) is 11.5. The van der Waals surface area contributed by atoms with Gasteiger partial charge in [-0.1, -0.05) is 5.69 Å². The van der Waals surface area contributed by atoms with Crippen LogP contribution in [-0.2, 0) is 103 Å². The number of hydrogen-bond acceptors (Lipinski definition) is 4. The summed E-state index contributed by atoms with van der Waals surface area (Å²) < 4.78 is 1.38. The molecular formula is C17H20KN6O3Y3-3. The third kappa shape index (κ3) is 11.2. The van der Waals surface area contributed by atoms with Crippen LogP contribution in [0, 0.1) is 13.5 Å². The van der Waals surface area contributed by atoms with Gasteiger partial charge in [-0.2, -0.15) is 29.6 Å². The number of carbonyl (C=O) groups is 1. The summed E-state index contributed by atoms with van der Waals surface area (Å²) in [5, 5.41) is 2.60. The molecule has 3 radical (unpaired) electrons. The number of aromatic nitrogens is 2. The summed E-state index contributed by atoms with van der Waals surface area (Å²) in [5.41, 5.74) is 0.185. The molecule has 1 aromatic heterocycles. The molecule has 1 saturated heterocycles. The van der Waals surface area contributed by atoms with Crippen molar-refractivity contribution in [3.63, 3.8) is 0 Å². The van der Waals surface area contributed by atoms with E-state index in [-0.39, 0.29) is 175 Å². The van der Waals surface area contributed by atoms with Crippen LogP contribution in [0.4, 0.5) is 10.6 Å². The van der Waals surface area contributed by atoms with Crippen molar-refractivity contribution < 1.29 is 159 Å². The fourth-order valence-electron chi connectivity index (χ4n) is 2.40. The van der Waals surface area contributed by atoms with E-state index in [0.717, 1.165) is 0 Å². The van der Waals surface area contributed by atoms with Crippen LogP contribution >= 0.6 is 0 Å². The van der Waals surface area contributed by atoms with E-state index in [2.05, 4.69) is 16.4 Å². The molecule has 13 heteroatoms. The molecule has 3 amide bonds. The smallest absolute Gasteiger partial charge is 0.693 e. The minimum Gasteiger partial charge on any atom is -0.693 e. The second-order valence-electron chi connectivity index (χ2n) is 5.22. The van der Waals surface area contributed by atoms with Gasteiger partial charge >= 0.3 is 63.1 Å². The Hall–Kier alpha value is 1.75. The Morgan fingerprint density at radius 2 is 1.63 bits per heavy atom. The molecule has 30 heavy (non-hydrogen) atoms. The number of amides is 3. The summed E-state index contributed by atoms with van der Waals surface area (Å²) in [5.74, 6) is 0.188. The number of rotatable bonds is 3. The second-order valence-corrected chi connectivity index (χ2v) is 5.22. The van der Waals surface area contributed by atoms with Gasteiger partial charge in [0, 0.05) is 131 Å². The number of anilines is 1. The first-order valence-corrected chi connectivity index (χ1v) is 7.42. The van der Waals surface area contributed by atoms with Gasteiger partial charge in [0.25, 0.3) is 0 Å². The number of nitrogens with zero attached hydrogens (tertiary/aromatic N) is 4. The van der Waals surface area contributed by atoms with Gasteiger partial charge in [0.15, 0.2) is 0 Å². The van der Waals surface area contributed by atoms with Crippen molar-refractivity contribution in [2.45, 2.75) is 0 Å². The zero-order valence-electron chi connectivity index (χ0n) is 17.1. The van der Waals surface area contributed by atoms with Gasteiger partial charge < -0.3 is 28.2 Å². The van der Waals surface area contributed by atoms with Crippen LogP contribution in [0.5, 0.6) is 0 Å². The van der Waals surface area contributed by atoms with E-state index < -0.39 is 5.69 Å².